The van der Waals surface area contributed by atoms with Gasteiger partial charge in [-0.3, -0.25) is 0 Å². The fourth-order valence-corrected chi connectivity index (χ4v) is 3.83. The van der Waals surface area contributed by atoms with E-state index in [1.54, 1.807) is 0 Å². The first kappa shape index (κ1) is 10.4. The normalized spacial score (nSPS) is 45.0. The Kier molecular flexibility index (Phi) is 2.39. The molecule has 4 unspecified atom stereocenters. The number of rotatable bonds is 2. The molecule has 0 spiro atoms. The number of hydrogen-bond acceptors (Lipinski definition) is 2. The van der Waals surface area contributed by atoms with E-state index in [-0.39, 0.29) is 0 Å². The molecule has 0 amide bonds. The number of nitrogens with zero attached hydrogens (tertiary/aromatic N) is 1. The Morgan fingerprint density at radius 2 is 1.93 bits per heavy atom. The summed E-state index contributed by atoms with van der Waals surface area (Å²) in [5, 5.41) is 9.39. The number of aliphatic hydroxyl groups is 1. The Labute approximate surface area is 87.3 Å². The van der Waals surface area contributed by atoms with Crippen molar-refractivity contribution in [1.29, 1.82) is 0 Å². The Balaban J connectivity index is 2.17. The standard InChI is InChI=1S/C12H23NO/c1-12(2)9-5-8(7-14)11(13(3)4)10(12)6-9/h8-11,14H,5-7H2,1-4H3. The summed E-state index contributed by atoms with van der Waals surface area (Å²) in [6.07, 6.45) is 2.61. The fraction of sp³-hybridized carbons (Fsp3) is 1.00. The van der Waals surface area contributed by atoms with Gasteiger partial charge >= 0.3 is 0 Å². The van der Waals surface area contributed by atoms with Crippen molar-refractivity contribution < 1.29 is 5.11 Å². The second-order valence-electron chi connectivity index (χ2n) is 5.99. The van der Waals surface area contributed by atoms with Gasteiger partial charge in [-0.05, 0) is 50.1 Å². The van der Waals surface area contributed by atoms with Gasteiger partial charge < -0.3 is 10.0 Å². The van der Waals surface area contributed by atoms with E-state index < -0.39 is 0 Å². The maximum atomic E-state index is 9.39. The van der Waals surface area contributed by atoms with Crippen LogP contribution in [-0.2, 0) is 0 Å². The molecular weight excluding hydrogens is 174 g/mol. The lowest BCUT2D eigenvalue weighted by Crippen LogP contribution is -2.62. The number of hydrogen-bond donors (Lipinski definition) is 1. The minimum atomic E-state index is 0.367. The maximum absolute atomic E-state index is 9.39. The largest absolute Gasteiger partial charge is 0.396 e. The van der Waals surface area contributed by atoms with E-state index in [1.165, 1.54) is 12.8 Å². The summed E-state index contributed by atoms with van der Waals surface area (Å²) in [5.41, 5.74) is 0.514. The van der Waals surface area contributed by atoms with Gasteiger partial charge in [0.1, 0.15) is 0 Å². The Morgan fingerprint density at radius 1 is 1.29 bits per heavy atom. The van der Waals surface area contributed by atoms with Gasteiger partial charge in [0.05, 0.1) is 0 Å². The molecule has 2 bridgehead atoms. The van der Waals surface area contributed by atoms with E-state index >= 15 is 0 Å². The molecule has 2 nitrogen and oxygen atoms in total. The van der Waals surface area contributed by atoms with Gasteiger partial charge in [0.2, 0.25) is 0 Å². The lowest BCUT2D eigenvalue weighted by Gasteiger charge is -2.63. The molecule has 1 N–H and O–H groups in total. The van der Waals surface area contributed by atoms with Gasteiger partial charge in [-0.1, -0.05) is 13.8 Å². The molecule has 0 aromatic rings. The molecule has 0 aromatic heterocycles. The summed E-state index contributed by atoms with van der Waals surface area (Å²) in [7, 11) is 4.31. The van der Waals surface area contributed by atoms with Gasteiger partial charge in [0.25, 0.3) is 0 Å². The highest BCUT2D eigenvalue weighted by molar-refractivity contribution is 5.08. The van der Waals surface area contributed by atoms with Gasteiger partial charge in [-0.15, -0.1) is 0 Å². The van der Waals surface area contributed by atoms with Crippen molar-refractivity contribution in [2.24, 2.45) is 23.2 Å². The molecule has 0 aromatic carbocycles. The van der Waals surface area contributed by atoms with Crippen LogP contribution in [0.4, 0.5) is 0 Å². The molecule has 3 aliphatic carbocycles. The highest BCUT2D eigenvalue weighted by Crippen LogP contribution is 2.61. The molecular formula is C12H23NO. The highest BCUT2D eigenvalue weighted by atomic mass is 16.3. The van der Waals surface area contributed by atoms with E-state index in [0.717, 1.165) is 11.8 Å². The van der Waals surface area contributed by atoms with Crippen LogP contribution < -0.4 is 0 Å². The van der Waals surface area contributed by atoms with Gasteiger partial charge in [0, 0.05) is 12.6 Å². The molecule has 0 saturated heterocycles. The van der Waals surface area contributed by atoms with E-state index in [1.807, 2.05) is 0 Å². The predicted octanol–water partition coefficient (Wildman–Crippen LogP) is 1.59. The Morgan fingerprint density at radius 3 is 2.36 bits per heavy atom. The Bertz CT molecular complexity index is 224. The molecule has 14 heavy (non-hydrogen) atoms. The van der Waals surface area contributed by atoms with Crippen LogP contribution in [0.2, 0.25) is 0 Å². The number of fused-ring (bicyclic) bond motifs is 2. The van der Waals surface area contributed by atoms with Crippen molar-refractivity contribution in [3.05, 3.63) is 0 Å². The quantitative estimate of drug-likeness (QED) is 0.726. The average molecular weight is 197 g/mol. The molecule has 4 atom stereocenters. The third kappa shape index (κ3) is 1.24. The van der Waals surface area contributed by atoms with Crippen LogP contribution in [0.1, 0.15) is 26.7 Å². The van der Waals surface area contributed by atoms with Crippen molar-refractivity contribution in [3.63, 3.8) is 0 Å². The average Bonchev–Trinajstić information content (AvgIpc) is 2.16. The fourth-order valence-electron chi connectivity index (χ4n) is 3.83. The monoisotopic (exact) mass is 197 g/mol. The zero-order chi connectivity index (χ0) is 10.5. The van der Waals surface area contributed by atoms with Crippen molar-refractivity contribution >= 4 is 0 Å². The second-order valence-corrected chi connectivity index (χ2v) is 5.99. The molecule has 82 valence electrons. The maximum Gasteiger partial charge on any atom is 0.0474 e. The topological polar surface area (TPSA) is 23.5 Å². The zero-order valence-electron chi connectivity index (χ0n) is 9.83. The first-order valence-electron chi connectivity index (χ1n) is 5.75. The highest BCUT2D eigenvalue weighted by Gasteiger charge is 2.57. The molecule has 3 rings (SSSR count). The van der Waals surface area contributed by atoms with Crippen LogP contribution in [0.5, 0.6) is 0 Å². The molecule has 3 fully saturated rings. The molecule has 0 aliphatic heterocycles. The van der Waals surface area contributed by atoms with Crippen molar-refractivity contribution in [1.82, 2.24) is 4.90 Å². The van der Waals surface area contributed by atoms with Crippen LogP contribution in [0.3, 0.4) is 0 Å². The summed E-state index contributed by atoms with van der Waals surface area (Å²) in [6.45, 7) is 5.16. The summed E-state index contributed by atoms with van der Waals surface area (Å²) in [4.78, 5) is 2.32. The van der Waals surface area contributed by atoms with Gasteiger partial charge in [-0.2, -0.15) is 0 Å². The van der Waals surface area contributed by atoms with Crippen LogP contribution in [0.15, 0.2) is 0 Å². The van der Waals surface area contributed by atoms with Crippen molar-refractivity contribution in [2.75, 3.05) is 20.7 Å². The molecule has 3 aliphatic rings. The van der Waals surface area contributed by atoms with Crippen molar-refractivity contribution in [2.45, 2.75) is 32.7 Å². The second kappa shape index (κ2) is 3.21. The number of aliphatic hydroxyl groups excluding tert-OH is 1. The molecule has 2 heteroatoms. The van der Waals surface area contributed by atoms with Crippen LogP contribution in [0.25, 0.3) is 0 Å². The van der Waals surface area contributed by atoms with E-state index in [4.69, 9.17) is 0 Å². The molecule has 0 heterocycles. The minimum absolute atomic E-state index is 0.367. The molecule has 0 radical (unpaired) electrons. The van der Waals surface area contributed by atoms with E-state index in [0.29, 0.717) is 24.0 Å². The van der Waals surface area contributed by atoms with Gasteiger partial charge in [0.15, 0.2) is 0 Å². The summed E-state index contributed by atoms with van der Waals surface area (Å²) in [5.74, 6) is 2.18. The lowest BCUT2D eigenvalue weighted by molar-refractivity contribution is -0.147. The lowest BCUT2D eigenvalue weighted by atomic mass is 9.45. The third-order valence-electron chi connectivity index (χ3n) is 4.86. The zero-order valence-corrected chi connectivity index (χ0v) is 9.83. The molecule has 3 saturated carbocycles. The van der Waals surface area contributed by atoms with E-state index in [9.17, 15) is 5.11 Å². The van der Waals surface area contributed by atoms with Crippen LogP contribution in [0, 0.1) is 23.2 Å². The van der Waals surface area contributed by atoms with Crippen molar-refractivity contribution in [3.8, 4) is 0 Å². The summed E-state index contributed by atoms with van der Waals surface area (Å²) in [6, 6.07) is 0.597. The van der Waals surface area contributed by atoms with Crippen LogP contribution in [-0.4, -0.2) is 36.8 Å². The third-order valence-corrected chi connectivity index (χ3v) is 4.86. The first-order chi connectivity index (χ1) is 6.48. The first-order valence-corrected chi connectivity index (χ1v) is 5.75. The summed E-state index contributed by atoms with van der Waals surface area (Å²) >= 11 is 0. The Hall–Kier alpha value is -0.0800. The van der Waals surface area contributed by atoms with E-state index in [2.05, 4.69) is 32.8 Å². The smallest absolute Gasteiger partial charge is 0.0474 e. The predicted molar refractivity (Wildman–Crippen MR) is 58.0 cm³/mol. The summed E-state index contributed by atoms with van der Waals surface area (Å²) < 4.78 is 0. The van der Waals surface area contributed by atoms with Gasteiger partial charge in [-0.25, -0.2) is 0 Å². The minimum Gasteiger partial charge on any atom is -0.396 e. The SMILES string of the molecule is CN(C)C1C(CO)CC2CC1C2(C)C. The van der Waals surface area contributed by atoms with Crippen LogP contribution >= 0.6 is 0 Å².